The van der Waals surface area contributed by atoms with Crippen LogP contribution in [0, 0.1) is 6.92 Å². The summed E-state index contributed by atoms with van der Waals surface area (Å²) in [6.45, 7) is 1.91. The van der Waals surface area contributed by atoms with E-state index in [-0.39, 0.29) is 18.1 Å². The topological polar surface area (TPSA) is 102 Å². The van der Waals surface area contributed by atoms with Crippen LogP contribution in [0.25, 0.3) is 11.6 Å². The minimum absolute atomic E-state index is 0.0458. The van der Waals surface area contributed by atoms with Crippen molar-refractivity contribution in [2.45, 2.75) is 45.4 Å². The van der Waals surface area contributed by atoms with Gasteiger partial charge in [0.05, 0.1) is 11.3 Å². The lowest BCUT2D eigenvalue weighted by molar-refractivity contribution is -0.137. The van der Waals surface area contributed by atoms with Crippen molar-refractivity contribution in [1.82, 2.24) is 4.98 Å². The molecule has 27 heavy (non-hydrogen) atoms. The Morgan fingerprint density at radius 2 is 2.04 bits per heavy atom. The monoisotopic (exact) mass is 366 g/mol. The molecule has 0 fully saturated rings. The lowest BCUT2D eigenvalue weighted by Gasteiger charge is -2.10. The molecule has 0 bridgehead atoms. The molecular formula is C21H22N2O4. The van der Waals surface area contributed by atoms with Gasteiger partial charge in [0.2, 0.25) is 0 Å². The highest BCUT2D eigenvalue weighted by atomic mass is 16.4. The van der Waals surface area contributed by atoms with E-state index in [0.717, 1.165) is 59.3 Å². The highest BCUT2D eigenvalue weighted by Crippen LogP contribution is 2.40. The normalized spacial score (nSPS) is 16.9. The van der Waals surface area contributed by atoms with E-state index in [0.29, 0.717) is 17.7 Å². The zero-order valence-electron chi connectivity index (χ0n) is 15.2. The van der Waals surface area contributed by atoms with E-state index in [1.54, 1.807) is 6.08 Å². The first kappa shape index (κ1) is 17.4. The summed E-state index contributed by atoms with van der Waals surface area (Å²) in [7, 11) is 0. The molecule has 0 atom stereocenters. The SMILES string of the molecule is Cc1c(CCC(=O)O)ccc2c1C(=Cc1[nH]c3c(c1O)CCCC3)C(=O)N2. The number of hydrogen-bond acceptors (Lipinski definition) is 3. The van der Waals surface area contributed by atoms with Crippen molar-refractivity contribution in [3.63, 3.8) is 0 Å². The Labute approximate surface area is 156 Å². The maximum atomic E-state index is 12.6. The first-order valence-corrected chi connectivity index (χ1v) is 9.26. The Kier molecular flexibility index (Phi) is 4.26. The van der Waals surface area contributed by atoms with Crippen LogP contribution < -0.4 is 5.32 Å². The average molecular weight is 366 g/mol. The van der Waals surface area contributed by atoms with Gasteiger partial charge in [-0.1, -0.05) is 6.07 Å². The number of benzene rings is 1. The molecule has 0 radical (unpaired) electrons. The van der Waals surface area contributed by atoms with Crippen LogP contribution in [0.5, 0.6) is 5.75 Å². The molecule has 1 aliphatic carbocycles. The maximum Gasteiger partial charge on any atom is 0.303 e. The molecule has 2 aliphatic rings. The van der Waals surface area contributed by atoms with E-state index in [1.807, 2.05) is 19.1 Å². The van der Waals surface area contributed by atoms with Gasteiger partial charge < -0.3 is 20.5 Å². The number of nitrogens with one attached hydrogen (secondary N) is 2. The molecule has 4 N–H and O–H groups in total. The number of carbonyl (C=O) groups is 2. The van der Waals surface area contributed by atoms with Crippen molar-refractivity contribution in [1.29, 1.82) is 0 Å². The number of aromatic hydroxyl groups is 1. The van der Waals surface area contributed by atoms with Crippen LogP contribution in [0.2, 0.25) is 0 Å². The predicted molar refractivity (Wildman–Crippen MR) is 103 cm³/mol. The molecular weight excluding hydrogens is 344 g/mol. The van der Waals surface area contributed by atoms with Gasteiger partial charge in [-0.3, -0.25) is 9.59 Å². The number of rotatable bonds is 4. The third kappa shape index (κ3) is 3.01. The smallest absolute Gasteiger partial charge is 0.303 e. The van der Waals surface area contributed by atoms with Crippen molar-refractivity contribution in [3.05, 3.63) is 45.8 Å². The van der Waals surface area contributed by atoms with Gasteiger partial charge in [-0.2, -0.15) is 0 Å². The number of carboxylic acid groups (broad SMARTS) is 1. The molecule has 6 nitrogen and oxygen atoms in total. The number of carbonyl (C=O) groups excluding carboxylic acids is 1. The van der Waals surface area contributed by atoms with Crippen molar-refractivity contribution < 1.29 is 19.8 Å². The number of amides is 1. The standard InChI is InChI=1S/C21H22N2O4/c1-11-12(7-9-18(24)25)6-8-16-19(11)14(21(27)23-16)10-17-20(26)13-4-2-3-5-15(13)22-17/h6,8,10,22,26H,2-5,7,9H2,1H3,(H,23,27)(H,24,25). The number of aryl methyl sites for hydroxylation is 2. The van der Waals surface area contributed by atoms with Gasteiger partial charge in [-0.15, -0.1) is 0 Å². The fourth-order valence-corrected chi connectivity index (χ4v) is 4.10. The van der Waals surface area contributed by atoms with Crippen molar-refractivity contribution >= 4 is 29.2 Å². The molecule has 1 amide bonds. The van der Waals surface area contributed by atoms with E-state index in [9.17, 15) is 14.7 Å². The minimum Gasteiger partial charge on any atom is -0.505 e. The molecule has 1 aliphatic heterocycles. The molecule has 0 spiro atoms. The summed E-state index contributed by atoms with van der Waals surface area (Å²) in [5.74, 6) is -0.824. The summed E-state index contributed by atoms with van der Waals surface area (Å²) in [6.07, 6.45) is 6.09. The molecule has 0 saturated carbocycles. The van der Waals surface area contributed by atoms with Crippen LogP contribution in [0.4, 0.5) is 5.69 Å². The maximum absolute atomic E-state index is 12.6. The average Bonchev–Trinajstić information content (AvgIpc) is 3.13. The third-order valence-corrected chi connectivity index (χ3v) is 5.53. The number of H-pyrrole nitrogens is 1. The molecule has 2 aromatic rings. The summed E-state index contributed by atoms with van der Waals surface area (Å²) >= 11 is 0. The Morgan fingerprint density at radius 3 is 2.78 bits per heavy atom. The Bertz CT molecular complexity index is 985. The van der Waals surface area contributed by atoms with Crippen molar-refractivity contribution in [2.24, 2.45) is 0 Å². The summed E-state index contributed by atoms with van der Waals surface area (Å²) in [5, 5.41) is 22.4. The number of aromatic nitrogens is 1. The molecule has 140 valence electrons. The van der Waals surface area contributed by atoms with E-state index in [2.05, 4.69) is 10.3 Å². The highest BCUT2D eigenvalue weighted by molar-refractivity contribution is 6.35. The van der Waals surface area contributed by atoms with Crippen LogP contribution in [0.15, 0.2) is 12.1 Å². The number of aliphatic carboxylic acids is 1. The summed E-state index contributed by atoms with van der Waals surface area (Å²) < 4.78 is 0. The number of aromatic amines is 1. The molecule has 2 heterocycles. The van der Waals surface area contributed by atoms with E-state index in [4.69, 9.17) is 5.11 Å². The quantitative estimate of drug-likeness (QED) is 0.623. The number of anilines is 1. The lowest BCUT2D eigenvalue weighted by Crippen LogP contribution is -2.03. The van der Waals surface area contributed by atoms with Crippen LogP contribution in [-0.4, -0.2) is 27.1 Å². The first-order chi connectivity index (χ1) is 13.0. The van der Waals surface area contributed by atoms with Gasteiger partial charge in [-0.25, -0.2) is 0 Å². The lowest BCUT2D eigenvalue weighted by atomic mass is 9.94. The van der Waals surface area contributed by atoms with Crippen LogP contribution >= 0.6 is 0 Å². The second kappa shape index (κ2) is 6.61. The van der Waals surface area contributed by atoms with Gasteiger partial charge in [0.25, 0.3) is 5.91 Å². The fraction of sp³-hybridized carbons (Fsp3) is 0.333. The van der Waals surface area contributed by atoms with Gasteiger partial charge >= 0.3 is 5.97 Å². The number of hydrogen-bond donors (Lipinski definition) is 4. The second-order valence-corrected chi connectivity index (χ2v) is 7.23. The zero-order chi connectivity index (χ0) is 19.1. The summed E-state index contributed by atoms with van der Waals surface area (Å²) in [4.78, 5) is 26.7. The first-order valence-electron chi connectivity index (χ1n) is 9.26. The minimum atomic E-state index is -0.846. The molecule has 6 heteroatoms. The Balaban J connectivity index is 1.77. The molecule has 0 saturated heterocycles. The van der Waals surface area contributed by atoms with Crippen molar-refractivity contribution in [2.75, 3.05) is 5.32 Å². The van der Waals surface area contributed by atoms with Gasteiger partial charge in [-0.05, 0) is 62.3 Å². The largest absolute Gasteiger partial charge is 0.505 e. The molecule has 1 aromatic heterocycles. The van der Waals surface area contributed by atoms with E-state index >= 15 is 0 Å². The van der Waals surface area contributed by atoms with E-state index in [1.165, 1.54) is 0 Å². The second-order valence-electron chi connectivity index (χ2n) is 7.23. The Hall–Kier alpha value is -3.02. The number of carboxylic acids is 1. The molecule has 1 aromatic carbocycles. The van der Waals surface area contributed by atoms with Crippen LogP contribution in [0.3, 0.4) is 0 Å². The van der Waals surface area contributed by atoms with E-state index < -0.39 is 5.97 Å². The molecule has 0 unspecified atom stereocenters. The Morgan fingerprint density at radius 1 is 1.26 bits per heavy atom. The predicted octanol–water partition coefficient (Wildman–Crippen LogP) is 3.42. The van der Waals surface area contributed by atoms with Gasteiger partial charge in [0, 0.05) is 28.9 Å². The highest BCUT2D eigenvalue weighted by Gasteiger charge is 2.28. The fourth-order valence-electron chi connectivity index (χ4n) is 4.10. The zero-order valence-corrected chi connectivity index (χ0v) is 15.2. The molecule has 4 rings (SSSR count). The van der Waals surface area contributed by atoms with Gasteiger partial charge in [0.1, 0.15) is 5.75 Å². The van der Waals surface area contributed by atoms with Crippen LogP contribution in [-0.2, 0) is 28.9 Å². The summed E-state index contributed by atoms with van der Waals surface area (Å²) in [5.41, 5.74) is 6.38. The van der Waals surface area contributed by atoms with Crippen LogP contribution in [0.1, 0.15) is 52.9 Å². The number of fused-ring (bicyclic) bond motifs is 2. The van der Waals surface area contributed by atoms with Crippen molar-refractivity contribution in [3.8, 4) is 5.75 Å². The van der Waals surface area contributed by atoms with Gasteiger partial charge in [0.15, 0.2) is 0 Å². The summed E-state index contributed by atoms with van der Waals surface area (Å²) in [6, 6.07) is 3.68. The third-order valence-electron chi connectivity index (χ3n) is 5.53.